The molecule has 0 spiro atoms. The van der Waals surface area contributed by atoms with Crippen LogP contribution in [0, 0.1) is 10.1 Å². The van der Waals surface area contributed by atoms with Gasteiger partial charge in [-0.25, -0.2) is 9.78 Å². The zero-order valence-electron chi connectivity index (χ0n) is 13.8. The SMILES string of the molecule is CC1CN(C(=O)O)C[C@@H](C)N1CCCOc1ccc([N+](=O)[O-])cn1. The number of carboxylic acid groups (broad SMARTS) is 1. The van der Waals surface area contributed by atoms with Crippen molar-refractivity contribution in [1.82, 2.24) is 14.8 Å². The molecule has 1 aliphatic rings. The first-order valence-corrected chi connectivity index (χ1v) is 7.85. The Bertz CT molecular complexity index is 568. The highest BCUT2D eigenvalue weighted by Gasteiger charge is 2.31. The van der Waals surface area contributed by atoms with Crippen molar-refractivity contribution in [3.05, 3.63) is 28.4 Å². The van der Waals surface area contributed by atoms with Crippen LogP contribution >= 0.6 is 0 Å². The number of amides is 1. The molecule has 0 aliphatic carbocycles. The zero-order chi connectivity index (χ0) is 17.7. The first-order chi connectivity index (χ1) is 11.4. The van der Waals surface area contributed by atoms with Crippen LogP contribution in [-0.2, 0) is 0 Å². The van der Waals surface area contributed by atoms with Gasteiger partial charge in [0.2, 0.25) is 5.88 Å². The van der Waals surface area contributed by atoms with E-state index in [0.717, 1.165) is 13.0 Å². The number of piperazine rings is 1. The molecule has 1 aromatic heterocycles. The van der Waals surface area contributed by atoms with Crippen molar-refractivity contribution in [2.24, 2.45) is 0 Å². The fraction of sp³-hybridized carbons (Fsp3) is 0.600. The van der Waals surface area contributed by atoms with Crippen LogP contribution in [0.1, 0.15) is 20.3 Å². The third-order valence-corrected chi connectivity index (χ3v) is 4.11. The maximum atomic E-state index is 11.1. The van der Waals surface area contributed by atoms with Crippen molar-refractivity contribution < 1.29 is 19.6 Å². The lowest BCUT2D eigenvalue weighted by Gasteiger charge is -2.43. The van der Waals surface area contributed by atoms with Gasteiger partial charge >= 0.3 is 6.09 Å². The number of carbonyl (C=O) groups is 1. The molecule has 0 radical (unpaired) electrons. The molecule has 9 nitrogen and oxygen atoms in total. The highest BCUT2D eigenvalue weighted by Crippen LogP contribution is 2.17. The maximum absolute atomic E-state index is 11.1. The smallest absolute Gasteiger partial charge is 0.407 e. The van der Waals surface area contributed by atoms with Gasteiger partial charge in [-0.05, 0) is 20.3 Å². The third kappa shape index (κ3) is 4.54. The van der Waals surface area contributed by atoms with E-state index in [0.29, 0.717) is 25.6 Å². The van der Waals surface area contributed by atoms with Crippen LogP contribution in [0.3, 0.4) is 0 Å². The molecule has 1 amide bonds. The predicted molar refractivity (Wildman–Crippen MR) is 86.2 cm³/mol. The minimum Gasteiger partial charge on any atom is -0.478 e. The molecular formula is C15H22N4O5. The summed E-state index contributed by atoms with van der Waals surface area (Å²) in [7, 11) is 0. The van der Waals surface area contributed by atoms with Crippen LogP contribution in [0.25, 0.3) is 0 Å². The summed E-state index contributed by atoms with van der Waals surface area (Å²) in [6.07, 6.45) is 1.06. The average molecular weight is 338 g/mol. The van der Waals surface area contributed by atoms with Gasteiger partial charge in [-0.1, -0.05) is 0 Å². The minimum absolute atomic E-state index is 0.0682. The second-order valence-electron chi connectivity index (χ2n) is 5.94. The molecule has 24 heavy (non-hydrogen) atoms. The molecule has 2 atom stereocenters. The predicted octanol–water partition coefficient (Wildman–Crippen LogP) is 1.83. The van der Waals surface area contributed by atoms with E-state index in [9.17, 15) is 14.9 Å². The van der Waals surface area contributed by atoms with E-state index in [2.05, 4.69) is 9.88 Å². The first-order valence-electron chi connectivity index (χ1n) is 7.85. The van der Waals surface area contributed by atoms with Gasteiger partial charge < -0.3 is 14.7 Å². The fourth-order valence-corrected chi connectivity index (χ4v) is 2.94. The van der Waals surface area contributed by atoms with E-state index in [1.807, 2.05) is 13.8 Å². The standard InChI is InChI=1S/C15H22N4O5/c1-11-9-17(15(20)21)10-12(2)18(11)6-3-7-24-14-5-4-13(8-16-14)19(22)23/h4-5,8,11-12H,3,6-7,9-10H2,1-2H3,(H,20,21)/t11-,12?/m1/s1. The number of hydrogen-bond acceptors (Lipinski definition) is 6. The third-order valence-electron chi connectivity index (χ3n) is 4.11. The van der Waals surface area contributed by atoms with Crippen molar-refractivity contribution >= 4 is 11.8 Å². The Balaban J connectivity index is 1.75. The number of pyridine rings is 1. The molecule has 1 N–H and O–H groups in total. The maximum Gasteiger partial charge on any atom is 0.407 e. The number of hydrogen-bond donors (Lipinski definition) is 1. The molecule has 2 rings (SSSR count). The molecule has 1 aliphatic heterocycles. The van der Waals surface area contributed by atoms with Crippen LogP contribution in [0.15, 0.2) is 18.3 Å². The Morgan fingerprint density at radius 3 is 2.58 bits per heavy atom. The highest BCUT2D eigenvalue weighted by atomic mass is 16.6. The zero-order valence-corrected chi connectivity index (χ0v) is 13.8. The molecule has 1 aromatic rings. The number of ether oxygens (including phenoxy) is 1. The molecule has 1 fully saturated rings. The normalized spacial score (nSPS) is 21.5. The summed E-state index contributed by atoms with van der Waals surface area (Å²) in [5, 5.41) is 19.6. The molecular weight excluding hydrogens is 316 g/mol. The average Bonchev–Trinajstić information content (AvgIpc) is 2.53. The van der Waals surface area contributed by atoms with Gasteiger partial charge in [0.05, 0.1) is 11.5 Å². The second-order valence-corrected chi connectivity index (χ2v) is 5.94. The Hall–Kier alpha value is -2.42. The van der Waals surface area contributed by atoms with Crippen molar-refractivity contribution in [2.45, 2.75) is 32.4 Å². The van der Waals surface area contributed by atoms with E-state index >= 15 is 0 Å². The van der Waals surface area contributed by atoms with E-state index in [1.165, 1.54) is 23.2 Å². The Morgan fingerprint density at radius 1 is 1.42 bits per heavy atom. The monoisotopic (exact) mass is 338 g/mol. The summed E-state index contributed by atoms with van der Waals surface area (Å²) < 4.78 is 5.50. The van der Waals surface area contributed by atoms with Crippen LogP contribution in [0.2, 0.25) is 0 Å². The van der Waals surface area contributed by atoms with Crippen molar-refractivity contribution in [3.63, 3.8) is 0 Å². The lowest BCUT2D eigenvalue weighted by atomic mass is 10.1. The fourth-order valence-electron chi connectivity index (χ4n) is 2.94. The van der Waals surface area contributed by atoms with Gasteiger partial charge in [-0.2, -0.15) is 0 Å². The van der Waals surface area contributed by atoms with Crippen molar-refractivity contribution in [1.29, 1.82) is 0 Å². The van der Waals surface area contributed by atoms with Gasteiger partial charge in [-0.3, -0.25) is 15.0 Å². The lowest BCUT2D eigenvalue weighted by molar-refractivity contribution is -0.385. The van der Waals surface area contributed by atoms with E-state index < -0.39 is 11.0 Å². The van der Waals surface area contributed by atoms with Gasteiger partial charge in [0.25, 0.3) is 5.69 Å². The van der Waals surface area contributed by atoms with Crippen LogP contribution in [-0.4, -0.2) is 69.2 Å². The summed E-state index contributed by atoms with van der Waals surface area (Å²) >= 11 is 0. The summed E-state index contributed by atoms with van der Waals surface area (Å²) in [6, 6.07) is 3.15. The lowest BCUT2D eigenvalue weighted by Crippen LogP contribution is -2.58. The molecule has 2 heterocycles. The van der Waals surface area contributed by atoms with E-state index in [1.54, 1.807) is 0 Å². The van der Waals surface area contributed by atoms with Crippen molar-refractivity contribution in [3.8, 4) is 5.88 Å². The Morgan fingerprint density at radius 2 is 2.08 bits per heavy atom. The van der Waals surface area contributed by atoms with E-state index in [4.69, 9.17) is 9.84 Å². The molecule has 1 saturated heterocycles. The first kappa shape index (κ1) is 17.9. The van der Waals surface area contributed by atoms with Crippen molar-refractivity contribution in [2.75, 3.05) is 26.2 Å². The molecule has 9 heteroatoms. The van der Waals surface area contributed by atoms with Crippen LogP contribution in [0.5, 0.6) is 5.88 Å². The van der Waals surface area contributed by atoms with Crippen LogP contribution in [0.4, 0.5) is 10.5 Å². The summed E-state index contributed by atoms with van der Waals surface area (Å²) in [4.78, 5) is 28.7. The number of aromatic nitrogens is 1. The molecule has 0 saturated carbocycles. The quantitative estimate of drug-likeness (QED) is 0.479. The number of nitro groups is 1. The molecule has 0 bridgehead atoms. The molecule has 132 valence electrons. The Labute approximate surface area is 140 Å². The topological polar surface area (TPSA) is 109 Å². The number of rotatable bonds is 6. The Kier molecular flexibility index (Phi) is 5.91. The summed E-state index contributed by atoms with van der Waals surface area (Å²) in [5.74, 6) is 0.359. The summed E-state index contributed by atoms with van der Waals surface area (Å²) in [5.41, 5.74) is -0.0682. The van der Waals surface area contributed by atoms with Gasteiger partial charge in [0.15, 0.2) is 0 Å². The minimum atomic E-state index is -0.874. The second kappa shape index (κ2) is 7.91. The van der Waals surface area contributed by atoms with E-state index in [-0.39, 0.29) is 17.8 Å². The molecule has 0 aromatic carbocycles. The largest absolute Gasteiger partial charge is 0.478 e. The van der Waals surface area contributed by atoms with Crippen LogP contribution < -0.4 is 4.74 Å². The van der Waals surface area contributed by atoms with Gasteiger partial charge in [0, 0.05) is 43.9 Å². The summed E-state index contributed by atoms with van der Waals surface area (Å²) in [6.45, 7) is 6.29. The highest BCUT2D eigenvalue weighted by molar-refractivity contribution is 5.65. The van der Waals surface area contributed by atoms with Gasteiger partial charge in [-0.15, -0.1) is 0 Å². The molecule has 1 unspecified atom stereocenters. The van der Waals surface area contributed by atoms with Gasteiger partial charge in [0.1, 0.15) is 6.20 Å². The number of nitrogens with zero attached hydrogens (tertiary/aromatic N) is 4.